The summed E-state index contributed by atoms with van der Waals surface area (Å²) in [6.07, 6.45) is 2.81. The highest BCUT2D eigenvalue weighted by Gasteiger charge is 2.30. The van der Waals surface area contributed by atoms with Crippen LogP contribution < -0.4 is 14.4 Å². The number of carbonyl (C=O) groups is 2. The number of alkyl halides is 1. The van der Waals surface area contributed by atoms with Gasteiger partial charge in [0.05, 0.1) is 17.9 Å². The molecule has 10 nitrogen and oxygen atoms in total. The molecular formula is C27H31FN4O6S. The Kier molecular flexibility index (Phi) is 10.4. The van der Waals surface area contributed by atoms with Crippen molar-refractivity contribution in [1.82, 2.24) is 9.71 Å². The summed E-state index contributed by atoms with van der Waals surface area (Å²) in [5.41, 5.74) is 1.43. The molecule has 0 unspecified atom stereocenters. The molecule has 1 aromatic heterocycles. The van der Waals surface area contributed by atoms with E-state index in [4.69, 9.17) is 9.47 Å². The minimum absolute atomic E-state index is 0.0836. The van der Waals surface area contributed by atoms with E-state index in [1.54, 1.807) is 30.0 Å². The van der Waals surface area contributed by atoms with Gasteiger partial charge in [-0.2, -0.15) is 10.2 Å². The maximum atomic E-state index is 12.8. The SMILES string of the molecule is C=CCc1ccccc1CS(=O)(=O)NC(=O)C1CCN(c2nc(OCCF)c(C(=O)OCC)cc2C#N)CC1. The van der Waals surface area contributed by atoms with E-state index >= 15 is 0 Å². The predicted octanol–water partition coefficient (Wildman–Crippen LogP) is 3.07. The van der Waals surface area contributed by atoms with Gasteiger partial charge in [-0.25, -0.2) is 17.6 Å². The molecule has 2 aromatic rings. The molecule has 1 saturated heterocycles. The van der Waals surface area contributed by atoms with Crippen molar-refractivity contribution < 1.29 is 31.9 Å². The Morgan fingerprint density at radius 2 is 1.97 bits per heavy atom. The van der Waals surface area contributed by atoms with E-state index in [2.05, 4.69) is 16.3 Å². The molecule has 0 bridgehead atoms. The minimum Gasteiger partial charge on any atom is -0.474 e. The molecule has 0 atom stereocenters. The topological polar surface area (TPSA) is 139 Å². The molecule has 0 radical (unpaired) electrons. The van der Waals surface area contributed by atoms with Crippen molar-refractivity contribution in [3.05, 3.63) is 65.2 Å². The first-order valence-electron chi connectivity index (χ1n) is 12.5. The smallest absolute Gasteiger partial charge is 0.343 e. The van der Waals surface area contributed by atoms with Crippen LogP contribution in [0.1, 0.15) is 46.8 Å². The van der Waals surface area contributed by atoms with Crippen molar-refractivity contribution in [3.8, 4) is 11.9 Å². The van der Waals surface area contributed by atoms with Crippen LogP contribution in [0.3, 0.4) is 0 Å². The molecule has 12 heteroatoms. The van der Waals surface area contributed by atoms with Gasteiger partial charge in [0.1, 0.15) is 24.9 Å². The van der Waals surface area contributed by atoms with E-state index in [9.17, 15) is 27.7 Å². The van der Waals surface area contributed by atoms with Crippen molar-refractivity contribution in [3.63, 3.8) is 0 Å². The van der Waals surface area contributed by atoms with Crippen molar-refractivity contribution in [2.24, 2.45) is 5.92 Å². The largest absolute Gasteiger partial charge is 0.474 e. The number of rotatable bonds is 12. The second-order valence-electron chi connectivity index (χ2n) is 8.83. The lowest BCUT2D eigenvalue weighted by Crippen LogP contribution is -2.43. The molecule has 1 aliphatic heterocycles. The van der Waals surface area contributed by atoms with Crippen LogP contribution >= 0.6 is 0 Å². The number of halogens is 1. The van der Waals surface area contributed by atoms with Crippen molar-refractivity contribution in [1.29, 1.82) is 5.26 Å². The number of nitriles is 1. The minimum atomic E-state index is -3.93. The number of hydrogen-bond acceptors (Lipinski definition) is 9. The first kappa shape index (κ1) is 29.6. The first-order valence-corrected chi connectivity index (χ1v) is 14.2. The molecule has 0 aliphatic carbocycles. The predicted molar refractivity (Wildman–Crippen MR) is 142 cm³/mol. The molecule has 2 heterocycles. The number of hydrogen-bond donors (Lipinski definition) is 1. The monoisotopic (exact) mass is 558 g/mol. The molecule has 1 fully saturated rings. The Morgan fingerprint density at radius 3 is 2.59 bits per heavy atom. The summed E-state index contributed by atoms with van der Waals surface area (Å²) in [6.45, 7) is 4.86. The third-order valence-electron chi connectivity index (χ3n) is 6.15. The average molecular weight is 559 g/mol. The summed E-state index contributed by atoms with van der Waals surface area (Å²) < 4.78 is 50.8. The van der Waals surface area contributed by atoms with E-state index in [-0.39, 0.29) is 41.8 Å². The number of pyridine rings is 1. The van der Waals surface area contributed by atoms with Crippen LogP contribution in [0.2, 0.25) is 0 Å². The highest BCUT2D eigenvalue weighted by atomic mass is 32.2. The molecule has 1 aromatic carbocycles. The quantitative estimate of drug-likeness (QED) is 0.308. The second-order valence-corrected chi connectivity index (χ2v) is 10.6. The van der Waals surface area contributed by atoms with Gasteiger partial charge < -0.3 is 14.4 Å². The van der Waals surface area contributed by atoms with Crippen LogP contribution in [-0.4, -0.2) is 58.3 Å². The lowest BCUT2D eigenvalue weighted by atomic mass is 9.96. The lowest BCUT2D eigenvalue weighted by molar-refractivity contribution is -0.123. The Hall–Kier alpha value is -3.98. The summed E-state index contributed by atoms with van der Waals surface area (Å²) in [4.78, 5) is 31.2. The molecule has 0 saturated carbocycles. The van der Waals surface area contributed by atoms with E-state index in [1.165, 1.54) is 6.07 Å². The van der Waals surface area contributed by atoms with Crippen LogP contribution in [0, 0.1) is 17.2 Å². The van der Waals surface area contributed by atoms with Crippen LogP contribution in [0.4, 0.5) is 10.2 Å². The Bertz CT molecular complexity index is 1350. The molecule has 0 spiro atoms. The number of amides is 1. The fourth-order valence-corrected chi connectivity index (χ4v) is 5.53. The fraction of sp³-hybridized carbons (Fsp3) is 0.407. The number of ether oxygens (including phenoxy) is 2. The number of benzene rings is 1. The number of nitrogens with one attached hydrogen (secondary N) is 1. The summed E-state index contributed by atoms with van der Waals surface area (Å²) in [5, 5.41) is 9.69. The van der Waals surface area contributed by atoms with Gasteiger partial charge in [-0.05, 0) is 43.4 Å². The van der Waals surface area contributed by atoms with Gasteiger partial charge in [-0.3, -0.25) is 9.52 Å². The van der Waals surface area contributed by atoms with Crippen molar-refractivity contribution in [2.45, 2.75) is 31.9 Å². The van der Waals surface area contributed by atoms with E-state index in [0.29, 0.717) is 37.9 Å². The Morgan fingerprint density at radius 1 is 1.28 bits per heavy atom. The Labute approximate surface area is 227 Å². The molecule has 1 aliphatic rings. The number of sulfonamides is 1. The summed E-state index contributed by atoms with van der Waals surface area (Å²) in [6, 6.07) is 10.4. The zero-order valence-corrected chi connectivity index (χ0v) is 22.5. The molecule has 3 rings (SSSR count). The molecular weight excluding hydrogens is 527 g/mol. The number of allylic oxidation sites excluding steroid dienone is 1. The van der Waals surface area contributed by atoms with Crippen molar-refractivity contribution in [2.75, 3.05) is 37.9 Å². The third-order valence-corrected chi connectivity index (χ3v) is 7.35. The second kappa shape index (κ2) is 13.7. The van der Waals surface area contributed by atoms with Gasteiger partial charge in [0.25, 0.3) is 0 Å². The zero-order chi connectivity index (χ0) is 28.4. The number of nitrogens with zero attached hydrogens (tertiary/aromatic N) is 3. The van der Waals surface area contributed by atoms with Gasteiger partial charge in [0.15, 0.2) is 5.82 Å². The van der Waals surface area contributed by atoms with Gasteiger partial charge in [0.2, 0.25) is 21.8 Å². The van der Waals surface area contributed by atoms with Crippen LogP contribution in [-0.2, 0) is 31.7 Å². The Balaban J connectivity index is 1.70. The standard InChI is InChI=1S/C27H31FN4O6S/c1-3-7-19-8-5-6-9-21(19)18-39(35,36)31-25(33)20-10-13-32(14-11-20)24-22(17-29)16-23(27(34)37-4-2)26(30-24)38-15-12-28/h3,5-6,8-9,16,20H,1,4,7,10-15,18H2,2H3,(H,31,33). The van der Waals surface area contributed by atoms with E-state index in [1.807, 2.05) is 18.2 Å². The van der Waals surface area contributed by atoms with E-state index in [0.717, 1.165) is 5.56 Å². The van der Waals surface area contributed by atoms with Crippen LogP contribution in [0.5, 0.6) is 5.88 Å². The summed E-state index contributed by atoms with van der Waals surface area (Å²) >= 11 is 0. The number of aromatic nitrogens is 1. The molecule has 39 heavy (non-hydrogen) atoms. The third kappa shape index (κ3) is 7.77. The highest BCUT2D eigenvalue weighted by Crippen LogP contribution is 2.30. The normalized spacial score (nSPS) is 13.8. The highest BCUT2D eigenvalue weighted by molar-refractivity contribution is 7.89. The van der Waals surface area contributed by atoms with Crippen LogP contribution in [0.25, 0.3) is 0 Å². The summed E-state index contributed by atoms with van der Waals surface area (Å²) in [5.74, 6) is -2.15. The number of carbonyl (C=O) groups excluding carboxylic acids is 2. The van der Waals surface area contributed by atoms with Gasteiger partial charge in [0, 0.05) is 19.0 Å². The molecule has 208 valence electrons. The number of anilines is 1. The van der Waals surface area contributed by atoms with Crippen molar-refractivity contribution >= 4 is 27.7 Å². The zero-order valence-electron chi connectivity index (χ0n) is 21.7. The molecule has 1 N–H and O–H groups in total. The van der Waals surface area contributed by atoms with Gasteiger partial charge in [-0.15, -0.1) is 6.58 Å². The number of piperidine rings is 1. The lowest BCUT2D eigenvalue weighted by Gasteiger charge is -2.32. The summed E-state index contributed by atoms with van der Waals surface area (Å²) in [7, 11) is -3.93. The van der Waals surface area contributed by atoms with Gasteiger partial charge >= 0.3 is 5.97 Å². The molecule has 1 amide bonds. The fourth-order valence-electron chi connectivity index (χ4n) is 4.29. The van der Waals surface area contributed by atoms with E-state index < -0.39 is 34.5 Å². The van der Waals surface area contributed by atoms with Crippen LogP contribution in [0.15, 0.2) is 43.0 Å². The maximum absolute atomic E-state index is 12.8. The maximum Gasteiger partial charge on any atom is 0.343 e. The average Bonchev–Trinajstić information content (AvgIpc) is 2.92. The number of esters is 1. The van der Waals surface area contributed by atoms with Gasteiger partial charge in [-0.1, -0.05) is 30.3 Å². The first-order chi connectivity index (χ1) is 18.7.